The summed E-state index contributed by atoms with van der Waals surface area (Å²) in [7, 11) is 0. The first kappa shape index (κ1) is 19.0. The Morgan fingerprint density at radius 3 is 2.33 bits per heavy atom. The highest BCUT2D eigenvalue weighted by atomic mass is 16.6. The number of piperidine rings is 1. The summed E-state index contributed by atoms with van der Waals surface area (Å²) >= 11 is 0. The first-order chi connectivity index (χ1) is 11.2. The molecule has 0 bridgehead atoms. The van der Waals surface area contributed by atoms with Crippen LogP contribution in [0.15, 0.2) is 0 Å². The average Bonchev–Trinajstić information content (AvgIpc) is 2.48. The Balaban J connectivity index is 1.79. The minimum atomic E-state index is -0.701. The number of carboxylic acids is 1. The van der Waals surface area contributed by atoms with Gasteiger partial charge in [-0.15, -0.1) is 0 Å². The summed E-state index contributed by atoms with van der Waals surface area (Å²) in [5.74, 6) is -0.464. The molecule has 2 fully saturated rings. The maximum Gasteiger partial charge on any atom is 0.410 e. The summed E-state index contributed by atoms with van der Waals surface area (Å²) < 4.78 is 5.42. The van der Waals surface area contributed by atoms with E-state index in [2.05, 4.69) is 5.32 Å². The van der Waals surface area contributed by atoms with E-state index in [-0.39, 0.29) is 18.4 Å². The highest BCUT2D eigenvalue weighted by Crippen LogP contribution is 2.28. The summed E-state index contributed by atoms with van der Waals surface area (Å²) in [4.78, 5) is 24.9. The number of ether oxygens (including phenoxy) is 1. The Hall–Kier alpha value is -1.30. The quantitative estimate of drug-likeness (QED) is 0.822. The number of nitrogens with one attached hydrogen (secondary N) is 1. The first-order valence-corrected chi connectivity index (χ1v) is 9.20. The molecule has 1 unspecified atom stereocenters. The lowest BCUT2D eigenvalue weighted by Crippen LogP contribution is -2.51. The number of likely N-dealkylation sites (tertiary alicyclic amines) is 1. The van der Waals surface area contributed by atoms with Crippen molar-refractivity contribution in [2.45, 2.75) is 83.4 Å². The Morgan fingerprint density at radius 1 is 1.12 bits per heavy atom. The van der Waals surface area contributed by atoms with Gasteiger partial charge in [-0.3, -0.25) is 4.79 Å². The van der Waals surface area contributed by atoms with Crippen molar-refractivity contribution >= 4 is 12.1 Å². The fraction of sp³-hybridized carbons (Fsp3) is 0.889. The van der Waals surface area contributed by atoms with Crippen molar-refractivity contribution in [1.82, 2.24) is 10.2 Å². The summed E-state index contributed by atoms with van der Waals surface area (Å²) in [5.41, 5.74) is -0.460. The van der Waals surface area contributed by atoms with E-state index < -0.39 is 11.6 Å². The molecule has 6 heteroatoms. The fourth-order valence-corrected chi connectivity index (χ4v) is 3.75. The van der Waals surface area contributed by atoms with E-state index in [0.29, 0.717) is 25.2 Å². The molecule has 2 aliphatic rings. The number of carbonyl (C=O) groups is 2. The molecule has 1 saturated carbocycles. The largest absolute Gasteiger partial charge is 0.481 e. The van der Waals surface area contributed by atoms with Gasteiger partial charge in [0.15, 0.2) is 0 Å². The minimum Gasteiger partial charge on any atom is -0.481 e. The number of aliphatic carboxylic acids is 1. The number of carbonyl (C=O) groups excluding carboxylic acids is 1. The van der Waals surface area contributed by atoms with Crippen LogP contribution < -0.4 is 5.32 Å². The number of rotatable bonds is 4. The second-order valence-corrected chi connectivity index (χ2v) is 8.16. The summed E-state index contributed by atoms with van der Waals surface area (Å²) in [5, 5.41) is 12.8. The second-order valence-electron chi connectivity index (χ2n) is 8.16. The van der Waals surface area contributed by atoms with Crippen LogP contribution in [0.5, 0.6) is 0 Å². The zero-order chi connectivity index (χ0) is 17.7. The molecule has 0 aromatic heterocycles. The summed E-state index contributed by atoms with van der Waals surface area (Å²) in [6.07, 6.45) is 6.18. The van der Waals surface area contributed by atoms with Crippen molar-refractivity contribution in [1.29, 1.82) is 0 Å². The lowest BCUT2D eigenvalue weighted by molar-refractivity contribution is -0.138. The Labute approximate surface area is 144 Å². The van der Waals surface area contributed by atoms with Crippen molar-refractivity contribution in [3.8, 4) is 0 Å². The van der Waals surface area contributed by atoms with Crippen LogP contribution in [-0.4, -0.2) is 52.8 Å². The molecule has 1 aliphatic carbocycles. The molecule has 2 atom stereocenters. The Kier molecular flexibility index (Phi) is 6.49. The SMILES string of the molecule is CC(C)(C)OC(=O)N1CCC(NC2CCCC[C@@H]2CC(=O)O)CC1. The van der Waals surface area contributed by atoms with E-state index in [1.807, 2.05) is 20.8 Å². The lowest BCUT2D eigenvalue weighted by atomic mass is 9.81. The third-order valence-electron chi connectivity index (χ3n) is 4.94. The fourth-order valence-electron chi connectivity index (χ4n) is 3.75. The van der Waals surface area contributed by atoms with Gasteiger partial charge in [0.25, 0.3) is 0 Å². The maximum atomic E-state index is 12.1. The molecule has 1 amide bonds. The molecule has 6 nitrogen and oxygen atoms in total. The Morgan fingerprint density at radius 2 is 1.75 bits per heavy atom. The van der Waals surface area contributed by atoms with Crippen LogP contribution >= 0.6 is 0 Å². The molecule has 2 rings (SSSR count). The Bertz CT molecular complexity index is 439. The topological polar surface area (TPSA) is 78.9 Å². The van der Waals surface area contributed by atoms with E-state index >= 15 is 0 Å². The summed E-state index contributed by atoms with van der Waals surface area (Å²) in [6, 6.07) is 0.663. The van der Waals surface area contributed by atoms with Gasteiger partial charge in [-0.1, -0.05) is 12.8 Å². The van der Waals surface area contributed by atoms with Crippen molar-refractivity contribution in [2.24, 2.45) is 5.92 Å². The number of nitrogens with zero attached hydrogens (tertiary/aromatic N) is 1. The molecule has 138 valence electrons. The van der Waals surface area contributed by atoms with Crippen LogP contribution in [0.25, 0.3) is 0 Å². The smallest absolute Gasteiger partial charge is 0.410 e. The molecule has 1 saturated heterocycles. The van der Waals surface area contributed by atoms with Crippen molar-refractivity contribution in [3.05, 3.63) is 0 Å². The van der Waals surface area contributed by atoms with Crippen LogP contribution in [0, 0.1) is 5.92 Å². The number of hydrogen-bond acceptors (Lipinski definition) is 4. The molecule has 2 N–H and O–H groups in total. The number of amides is 1. The van der Waals surface area contributed by atoms with Crippen molar-refractivity contribution in [3.63, 3.8) is 0 Å². The zero-order valence-corrected chi connectivity index (χ0v) is 15.2. The molecule has 24 heavy (non-hydrogen) atoms. The third kappa shape index (κ3) is 5.96. The zero-order valence-electron chi connectivity index (χ0n) is 15.2. The standard InChI is InChI=1S/C18H32N2O4/c1-18(2,3)24-17(23)20-10-8-14(9-11-20)19-15-7-5-4-6-13(15)12-16(21)22/h13-15,19H,4-12H2,1-3H3,(H,21,22)/t13-,15?/m1/s1. The predicted molar refractivity (Wildman–Crippen MR) is 92.0 cm³/mol. The normalized spacial score (nSPS) is 26.2. The van der Waals surface area contributed by atoms with Crippen molar-refractivity contribution in [2.75, 3.05) is 13.1 Å². The molecular formula is C18H32N2O4. The molecular weight excluding hydrogens is 308 g/mol. The van der Waals surface area contributed by atoms with Crippen LogP contribution in [0.1, 0.15) is 65.7 Å². The van der Waals surface area contributed by atoms with Gasteiger partial charge < -0.3 is 20.1 Å². The van der Waals surface area contributed by atoms with Gasteiger partial charge in [-0.05, 0) is 52.4 Å². The maximum absolute atomic E-state index is 12.1. The average molecular weight is 340 g/mol. The van der Waals surface area contributed by atoms with Crippen molar-refractivity contribution < 1.29 is 19.4 Å². The molecule has 0 aromatic rings. The highest BCUT2D eigenvalue weighted by Gasteiger charge is 2.31. The first-order valence-electron chi connectivity index (χ1n) is 9.20. The molecule has 0 spiro atoms. The van der Waals surface area contributed by atoms with E-state index in [0.717, 1.165) is 32.1 Å². The predicted octanol–water partition coefficient (Wildman–Crippen LogP) is 3.01. The lowest BCUT2D eigenvalue weighted by Gasteiger charge is -2.38. The van der Waals surface area contributed by atoms with Crippen LogP contribution in [-0.2, 0) is 9.53 Å². The molecule has 1 heterocycles. The van der Waals surface area contributed by atoms with Gasteiger partial charge in [0.05, 0.1) is 0 Å². The molecule has 0 aromatic carbocycles. The van der Waals surface area contributed by atoms with E-state index in [4.69, 9.17) is 9.84 Å². The minimum absolute atomic E-state index is 0.234. The molecule has 0 radical (unpaired) electrons. The van der Waals surface area contributed by atoms with Gasteiger partial charge >= 0.3 is 12.1 Å². The summed E-state index contributed by atoms with van der Waals surface area (Å²) in [6.45, 7) is 7.03. The van der Waals surface area contributed by atoms with Crippen LogP contribution in [0.3, 0.4) is 0 Å². The van der Waals surface area contributed by atoms with Crippen LogP contribution in [0.2, 0.25) is 0 Å². The van der Waals surface area contributed by atoms with Crippen LogP contribution in [0.4, 0.5) is 4.79 Å². The molecule has 1 aliphatic heterocycles. The van der Waals surface area contributed by atoms with Gasteiger partial charge in [0.1, 0.15) is 5.60 Å². The third-order valence-corrected chi connectivity index (χ3v) is 4.94. The van der Waals surface area contributed by atoms with Gasteiger partial charge in [-0.25, -0.2) is 4.79 Å². The van der Waals surface area contributed by atoms with E-state index in [1.54, 1.807) is 4.90 Å². The number of carboxylic acid groups (broad SMARTS) is 1. The van der Waals surface area contributed by atoms with E-state index in [1.165, 1.54) is 6.42 Å². The van der Waals surface area contributed by atoms with Gasteiger partial charge in [-0.2, -0.15) is 0 Å². The monoisotopic (exact) mass is 340 g/mol. The van der Waals surface area contributed by atoms with Gasteiger partial charge in [0.2, 0.25) is 0 Å². The highest BCUT2D eigenvalue weighted by molar-refractivity contribution is 5.68. The number of hydrogen-bond donors (Lipinski definition) is 2. The van der Waals surface area contributed by atoms with E-state index in [9.17, 15) is 9.59 Å². The van der Waals surface area contributed by atoms with Gasteiger partial charge in [0, 0.05) is 31.6 Å². The second kappa shape index (κ2) is 8.19.